The van der Waals surface area contributed by atoms with E-state index in [0.717, 1.165) is 5.56 Å². The third-order valence-corrected chi connectivity index (χ3v) is 2.75. The van der Waals surface area contributed by atoms with Crippen molar-refractivity contribution in [1.29, 1.82) is 0 Å². The van der Waals surface area contributed by atoms with E-state index in [1.165, 1.54) is 0 Å². The van der Waals surface area contributed by atoms with E-state index in [9.17, 15) is 4.79 Å². The van der Waals surface area contributed by atoms with Gasteiger partial charge in [0, 0.05) is 19.7 Å². The molecule has 0 radical (unpaired) electrons. The van der Waals surface area contributed by atoms with Crippen LogP contribution in [-0.2, 0) is 9.53 Å². The van der Waals surface area contributed by atoms with Crippen LogP contribution in [0, 0.1) is 0 Å². The third-order valence-electron chi connectivity index (χ3n) is 2.75. The van der Waals surface area contributed by atoms with Crippen molar-refractivity contribution in [3.63, 3.8) is 0 Å². The highest BCUT2D eigenvalue weighted by molar-refractivity contribution is 5.69. The Morgan fingerprint density at radius 1 is 1.41 bits per heavy atom. The van der Waals surface area contributed by atoms with Gasteiger partial charge in [0.2, 0.25) is 0 Å². The number of benzene rings is 1. The predicted octanol–water partition coefficient (Wildman–Crippen LogP) is 1.78. The lowest BCUT2D eigenvalue weighted by atomic mass is 10.1. The van der Waals surface area contributed by atoms with Gasteiger partial charge in [-0.05, 0) is 12.5 Å². The van der Waals surface area contributed by atoms with Gasteiger partial charge in [0.15, 0.2) is 0 Å². The second-order valence-corrected chi connectivity index (χ2v) is 3.94. The van der Waals surface area contributed by atoms with Gasteiger partial charge in [0.05, 0.1) is 13.2 Å². The van der Waals surface area contributed by atoms with Crippen LogP contribution in [0.4, 0.5) is 0 Å². The molecule has 1 N–H and O–H groups in total. The van der Waals surface area contributed by atoms with Crippen LogP contribution in [-0.4, -0.2) is 42.8 Å². The van der Waals surface area contributed by atoms with E-state index >= 15 is 0 Å². The van der Waals surface area contributed by atoms with E-state index in [0.29, 0.717) is 13.2 Å². The van der Waals surface area contributed by atoms with E-state index in [1.54, 1.807) is 7.11 Å². The molecule has 0 aliphatic heterocycles. The SMILES string of the molecule is COCCN(CC(=O)O)C(C)c1ccccc1. The second kappa shape index (κ2) is 7.04. The normalized spacial score (nSPS) is 12.6. The third kappa shape index (κ3) is 4.54. The maximum absolute atomic E-state index is 10.8. The molecule has 1 atom stereocenters. The zero-order chi connectivity index (χ0) is 12.7. The number of hydrogen-bond donors (Lipinski definition) is 1. The standard InChI is InChI=1S/C13H19NO3/c1-11(12-6-4-3-5-7-12)14(8-9-17-2)10-13(15)16/h3-7,11H,8-10H2,1-2H3,(H,15,16). The minimum atomic E-state index is -0.816. The summed E-state index contributed by atoms with van der Waals surface area (Å²) in [5.41, 5.74) is 1.12. The van der Waals surface area contributed by atoms with Gasteiger partial charge in [-0.2, -0.15) is 0 Å². The monoisotopic (exact) mass is 237 g/mol. The van der Waals surface area contributed by atoms with Crippen LogP contribution in [0.15, 0.2) is 30.3 Å². The van der Waals surface area contributed by atoms with Crippen molar-refractivity contribution < 1.29 is 14.6 Å². The molecule has 0 amide bonds. The van der Waals surface area contributed by atoms with Gasteiger partial charge < -0.3 is 9.84 Å². The van der Waals surface area contributed by atoms with Crippen molar-refractivity contribution in [2.24, 2.45) is 0 Å². The number of carboxylic acid groups (broad SMARTS) is 1. The number of ether oxygens (including phenoxy) is 1. The first-order valence-electron chi connectivity index (χ1n) is 5.65. The van der Waals surface area contributed by atoms with Crippen LogP contribution >= 0.6 is 0 Å². The Balaban J connectivity index is 2.71. The molecule has 0 saturated carbocycles. The number of nitrogens with zero attached hydrogens (tertiary/aromatic N) is 1. The fourth-order valence-electron chi connectivity index (χ4n) is 1.73. The molecule has 0 saturated heterocycles. The van der Waals surface area contributed by atoms with Gasteiger partial charge in [0.25, 0.3) is 0 Å². The second-order valence-electron chi connectivity index (χ2n) is 3.94. The molecule has 0 heterocycles. The summed E-state index contributed by atoms with van der Waals surface area (Å²) in [6.07, 6.45) is 0. The Labute approximate surface area is 102 Å². The molecule has 0 aliphatic rings. The summed E-state index contributed by atoms with van der Waals surface area (Å²) in [6, 6.07) is 9.95. The first-order chi connectivity index (χ1) is 8.15. The lowest BCUT2D eigenvalue weighted by molar-refractivity contribution is -0.139. The fourth-order valence-corrected chi connectivity index (χ4v) is 1.73. The molecule has 0 bridgehead atoms. The lowest BCUT2D eigenvalue weighted by Crippen LogP contribution is -2.34. The Morgan fingerprint density at radius 3 is 2.59 bits per heavy atom. The highest BCUT2D eigenvalue weighted by atomic mass is 16.5. The van der Waals surface area contributed by atoms with Crippen molar-refractivity contribution in [3.05, 3.63) is 35.9 Å². The molecule has 0 fully saturated rings. The topological polar surface area (TPSA) is 49.8 Å². The number of hydrogen-bond acceptors (Lipinski definition) is 3. The molecule has 0 aliphatic carbocycles. The highest BCUT2D eigenvalue weighted by Gasteiger charge is 2.17. The van der Waals surface area contributed by atoms with Gasteiger partial charge in [-0.1, -0.05) is 30.3 Å². The molecule has 4 heteroatoms. The zero-order valence-corrected chi connectivity index (χ0v) is 10.3. The Kier molecular flexibility index (Phi) is 5.66. The molecule has 0 aromatic heterocycles. The van der Waals surface area contributed by atoms with Gasteiger partial charge in [-0.25, -0.2) is 0 Å². The fraction of sp³-hybridized carbons (Fsp3) is 0.462. The number of aliphatic carboxylic acids is 1. The molecule has 94 valence electrons. The first kappa shape index (κ1) is 13.7. The maximum atomic E-state index is 10.8. The molecule has 4 nitrogen and oxygen atoms in total. The summed E-state index contributed by atoms with van der Waals surface area (Å²) in [5, 5.41) is 8.90. The minimum Gasteiger partial charge on any atom is -0.480 e. The Hall–Kier alpha value is -1.39. The van der Waals surface area contributed by atoms with Crippen LogP contribution in [0.1, 0.15) is 18.5 Å². The lowest BCUT2D eigenvalue weighted by Gasteiger charge is -2.27. The summed E-state index contributed by atoms with van der Waals surface area (Å²) in [4.78, 5) is 12.7. The van der Waals surface area contributed by atoms with E-state index in [2.05, 4.69) is 0 Å². The summed E-state index contributed by atoms with van der Waals surface area (Å²) in [6.45, 7) is 3.18. The predicted molar refractivity (Wildman–Crippen MR) is 65.9 cm³/mol. The van der Waals surface area contributed by atoms with Crippen LogP contribution in [0.2, 0.25) is 0 Å². The summed E-state index contributed by atoms with van der Waals surface area (Å²) >= 11 is 0. The van der Waals surface area contributed by atoms with Gasteiger partial charge in [0.1, 0.15) is 0 Å². The van der Waals surface area contributed by atoms with Crippen molar-refractivity contribution >= 4 is 5.97 Å². The molecule has 1 aromatic rings. The molecule has 1 rings (SSSR count). The summed E-state index contributed by atoms with van der Waals surface area (Å²) in [5.74, 6) is -0.816. The van der Waals surface area contributed by atoms with Gasteiger partial charge in [-0.15, -0.1) is 0 Å². The molecule has 0 spiro atoms. The largest absolute Gasteiger partial charge is 0.480 e. The quantitative estimate of drug-likeness (QED) is 0.785. The average Bonchev–Trinajstić information content (AvgIpc) is 2.34. The molecule has 1 aromatic carbocycles. The zero-order valence-electron chi connectivity index (χ0n) is 10.3. The van der Waals surface area contributed by atoms with Crippen molar-refractivity contribution in [1.82, 2.24) is 4.90 Å². The van der Waals surface area contributed by atoms with E-state index in [1.807, 2.05) is 42.2 Å². The van der Waals surface area contributed by atoms with Crippen LogP contribution < -0.4 is 0 Å². The minimum absolute atomic E-state index is 0.0272. The number of methoxy groups -OCH3 is 1. The summed E-state index contributed by atoms with van der Waals surface area (Å²) in [7, 11) is 1.62. The molecular formula is C13H19NO3. The highest BCUT2D eigenvalue weighted by Crippen LogP contribution is 2.19. The van der Waals surface area contributed by atoms with Gasteiger partial charge >= 0.3 is 5.97 Å². The number of rotatable bonds is 7. The van der Waals surface area contributed by atoms with Crippen LogP contribution in [0.25, 0.3) is 0 Å². The van der Waals surface area contributed by atoms with Crippen molar-refractivity contribution in [3.8, 4) is 0 Å². The first-order valence-corrected chi connectivity index (χ1v) is 5.65. The molecular weight excluding hydrogens is 218 g/mol. The summed E-state index contributed by atoms with van der Waals surface area (Å²) < 4.78 is 5.01. The van der Waals surface area contributed by atoms with Crippen LogP contribution in [0.3, 0.4) is 0 Å². The van der Waals surface area contributed by atoms with Crippen LogP contribution in [0.5, 0.6) is 0 Å². The van der Waals surface area contributed by atoms with E-state index in [4.69, 9.17) is 9.84 Å². The smallest absolute Gasteiger partial charge is 0.317 e. The molecule has 1 unspecified atom stereocenters. The number of carboxylic acids is 1. The Bertz CT molecular complexity index is 340. The average molecular weight is 237 g/mol. The van der Waals surface area contributed by atoms with Gasteiger partial charge in [-0.3, -0.25) is 9.69 Å². The maximum Gasteiger partial charge on any atom is 0.317 e. The van der Waals surface area contributed by atoms with Crippen molar-refractivity contribution in [2.45, 2.75) is 13.0 Å². The van der Waals surface area contributed by atoms with E-state index in [-0.39, 0.29) is 12.6 Å². The van der Waals surface area contributed by atoms with E-state index < -0.39 is 5.97 Å². The van der Waals surface area contributed by atoms with Crippen molar-refractivity contribution in [2.75, 3.05) is 26.8 Å². The number of carbonyl (C=O) groups is 1. The molecule has 17 heavy (non-hydrogen) atoms. The Morgan fingerprint density at radius 2 is 2.06 bits per heavy atom.